The van der Waals surface area contributed by atoms with E-state index in [1.807, 2.05) is 38.1 Å². The second kappa shape index (κ2) is 15.2. The molecule has 1 aromatic carbocycles. The van der Waals surface area contributed by atoms with Crippen molar-refractivity contribution in [2.75, 3.05) is 40.0 Å². The summed E-state index contributed by atoms with van der Waals surface area (Å²) >= 11 is 0. The molecule has 0 saturated heterocycles. The molecule has 0 fully saturated rings. The van der Waals surface area contributed by atoms with Gasteiger partial charge in [0.2, 0.25) is 0 Å². The van der Waals surface area contributed by atoms with Gasteiger partial charge in [0, 0.05) is 32.9 Å². The Morgan fingerprint density at radius 2 is 1.96 bits per heavy atom. The highest BCUT2D eigenvalue weighted by Gasteiger charge is 2.03. The van der Waals surface area contributed by atoms with Crippen molar-refractivity contribution < 1.29 is 14.6 Å². The molecule has 144 valence electrons. The van der Waals surface area contributed by atoms with E-state index >= 15 is 0 Å². The fourth-order valence-corrected chi connectivity index (χ4v) is 1.94. The predicted octanol–water partition coefficient (Wildman–Crippen LogP) is 2.40. The van der Waals surface area contributed by atoms with Crippen LogP contribution in [-0.2, 0) is 11.3 Å². The summed E-state index contributed by atoms with van der Waals surface area (Å²) in [5, 5.41) is 15.7. The summed E-state index contributed by atoms with van der Waals surface area (Å²) in [7, 11) is 1.66. The average Bonchev–Trinajstić information content (AvgIpc) is 2.63. The van der Waals surface area contributed by atoms with Crippen LogP contribution in [0.15, 0.2) is 29.3 Å². The van der Waals surface area contributed by atoms with E-state index in [1.165, 1.54) is 0 Å². The van der Waals surface area contributed by atoms with E-state index in [1.54, 1.807) is 7.11 Å². The highest BCUT2D eigenvalue weighted by atomic mass is 127. The fourth-order valence-electron chi connectivity index (χ4n) is 1.94. The van der Waals surface area contributed by atoms with Gasteiger partial charge in [-0.1, -0.05) is 19.1 Å². The van der Waals surface area contributed by atoms with Crippen molar-refractivity contribution in [3.05, 3.63) is 29.8 Å². The zero-order chi connectivity index (χ0) is 17.6. The van der Waals surface area contributed by atoms with Gasteiger partial charge in [0.15, 0.2) is 5.96 Å². The van der Waals surface area contributed by atoms with Gasteiger partial charge in [-0.15, -0.1) is 24.0 Å². The van der Waals surface area contributed by atoms with Crippen LogP contribution in [0.5, 0.6) is 5.75 Å². The summed E-state index contributed by atoms with van der Waals surface area (Å²) in [5.41, 5.74) is 1.11. The molecule has 1 atom stereocenters. The Balaban J connectivity index is 0.00000576. The molecule has 0 aliphatic carbocycles. The quantitative estimate of drug-likeness (QED) is 0.203. The maximum absolute atomic E-state index is 9.15. The Morgan fingerprint density at radius 1 is 1.24 bits per heavy atom. The number of methoxy groups -OCH3 is 1. The molecule has 0 bridgehead atoms. The molecule has 0 saturated carbocycles. The monoisotopic (exact) mass is 465 g/mol. The average molecular weight is 465 g/mol. The summed E-state index contributed by atoms with van der Waals surface area (Å²) in [6.07, 6.45) is 0.923. The SMILES string of the molecule is CCOCCCNC(=NCc1ccc(OC)cc1)NCC(C)CO.I. The highest BCUT2D eigenvalue weighted by molar-refractivity contribution is 14.0. The maximum Gasteiger partial charge on any atom is 0.191 e. The Labute approximate surface area is 168 Å². The lowest BCUT2D eigenvalue weighted by Gasteiger charge is -2.15. The number of hydrogen-bond donors (Lipinski definition) is 3. The van der Waals surface area contributed by atoms with Crippen LogP contribution < -0.4 is 15.4 Å². The highest BCUT2D eigenvalue weighted by Crippen LogP contribution is 2.11. The van der Waals surface area contributed by atoms with Gasteiger partial charge in [0.25, 0.3) is 0 Å². The zero-order valence-electron chi connectivity index (χ0n) is 15.5. The van der Waals surface area contributed by atoms with E-state index in [0.29, 0.717) is 13.1 Å². The Bertz CT molecular complexity index is 469. The number of halogens is 1. The van der Waals surface area contributed by atoms with Gasteiger partial charge in [-0.3, -0.25) is 0 Å². The minimum Gasteiger partial charge on any atom is -0.497 e. The Hall–Kier alpha value is -1.06. The minimum atomic E-state index is 0. The number of aliphatic hydroxyl groups excluding tert-OH is 1. The Morgan fingerprint density at radius 3 is 2.56 bits per heavy atom. The first-order valence-electron chi connectivity index (χ1n) is 8.53. The van der Waals surface area contributed by atoms with Crippen LogP contribution in [0.4, 0.5) is 0 Å². The fraction of sp³-hybridized carbons (Fsp3) is 0.611. The molecule has 1 aromatic rings. The van der Waals surface area contributed by atoms with Gasteiger partial charge in [0.05, 0.1) is 13.7 Å². The standard InChI is InChI=1S/C18H31N3O3.HI/c1-4-24-11-5-10-19-18(20-12-15(2)14-22)21-13-16-6-8-17(23-3)9-7-16;/h6-9,15,22H,4-5,10-14H2,1-3H3,(H2,19,20,21);1H. The topological polar surface area (TPSA) is 75.1 Å². The molecule has 0 aliphatic heterocycles. The van der Waals surface area contributed by atoms with Crippen molar-refractivity contribution in [1.29, 1.82) is 0 Å². The molecular formula is C18H32IN3O3. The van der Waals surface area contributed by atoms with E-state index in [0.717, 1.165) is 43.5 Å². The van der Waals surface area contributed by atoms with Crippen molar-refractivity contribution in [3.8, 4) is 5.75 Å². The van der Waals surface area contributed by atoms with Gasteiger partial charge >= 0.3 is 0 Å². The number of guanidine groups is 1. The second-order valence-corrected chi connectivity index (χ2v) is 5.66. The first-order chi connectivity index (χ1) is 11.7. The number of aliphatic imine (C=N–C) groups is 1. The Kier molecular flexibility index (Phi) is 14.6. The molecule has 6 nitrogen and oxygen atoms in total. The molecule has 0 radical (unpaired) electrons. The van der Waals surface area contributed by atoms with Crippen LogP contribution in [0.1, 0.15) is 25.8 Å². The molecule has 0 aromatic heterocycles. The molecule has 25 heavy (non-hydrogen) atoms. The predicted molar refractivity (Wildman–Crippen MR) is 113 cm³/mol. The third kappa shape index (κ3) is 11.2. The van der Waals surface area contributed by atoms with Crippen LogP contribution in [0, 0.1) is 5.92 Å². The molecule has 1 unspecified atom stereocenters. The maximum atomic E-state index is 9.15. The lowest BCUT2D eigenvalue weighted by Crippen LogP contribution is -2.40. The van der Waals surface area contributed by atoms with Crippen molar-refractivity contribution in [2.24, 2.45) is 10.9 Å². The lowest BCUT2D eigenvalue weighted by molar-refractivity contribution is 0.145. The normalized spacial score (nSPS) is 12.2. The molecule has 7 heteroatoms. The zero-order valence-corrected chi connectivity index (χ0v) is 17.8. The molecule has 0 spiro atoms. The largest absolute Gasteiger partial charge is 0.497 e. The van der Waals surface area contributed by atoms with E-state index < -0.39 is 0 Å². The summed E-state index contributed by atoms with van der Waals surface area (Å²) in [5.74, 6) is 1.77. The van der Waals surface area contributed by atoms with Crippen LogP contribution in [0.3, 0.4) is 0 Å². The van der Waals surface area contributed by atoms with E-state index in [9.17, 15) is 0 Å². The van der Waals surface area contributed by atoms with Crippen molar-refractivity contribution in [3.63, 3.8) is 0 Å². The number of hydrogen-bond acceptors (Lipinski definition) is 4. The van der Waals surface area contributed by atoms with E-state index in [4.69, 9.17) is 14.6 Å². The summed E-state index contributed by atoms with van der Waals surface area (Å²) in [6, 6.07) is 7.87. The van der Waals surface area contributed by atoms with Gasteiger partial charge in [-0.25, -0.2) is 4.99 Å². The minimum absolute atomic E-state index is 0. The van der Waals surface area contributed by atoms with E-state index in [-0.39, 0.29) is 36.5 Å². The van der Waals surface area contributed by atoms with Crippen LogP contribution in [-0.4, -0.2) is 51.1 Å². The molecule has 0 aliphatic rings. The van der Waals surface area contributed by atoms with Crippen LogP contribution in [0.25, 0.3) is 0 Å². The van der Waals surface area contributed by atoms with Gasteiger partial charge in [-0.05, 0) is 37.0 Å². The number of ether oxygens (including phenoxy) is 2. The number of aliphatic hydroxyl groups is 1. The molecule has 0 amide bonds. The summed E-state index contributed by atoms with van der Waals surface area (Å²) < 4.78 is 10.5. The van der Waals surface area contributed by atoms with Gasteiger partial charge in [0.1, 0.15) is 5.75 Å². The molecular weight excluding hydrogens is 433 g/mol. The first-order valence-corrected chi connectivity index (χ1v) is 8.53. The lowest BCUT2D eigenvalue weighted by atomic mass is 10.2. The first kappa shape index (κ1) is 23.9. The summed E-state index contributed by atoms with van der Waals surface area (Å²) in [4.78, 5) is 4.60. The van der Waals surface area contributed by atoms with Crippen LogP contribution in [0.2, 0.25) is 0 Å². The van der Waals surface area contributed by atoms with Crippen molar-refractivity contribution in [1.82, 2.24) is 10.6 Å². The number of benzene rings is 1. The van der Waals surface area contributed by atoms with Crippen molar-refractivity contribution >= 4 is 29.9 Å². The third-order valence-electron chi connectivity index (χ3n) is 3.47. The smallest absolute Gasteiger partial charge is 0.191 e. The van der Waals surface area contributed by atoms with Crippen molar-refractivity contribution in [2.45, 2.75) is 26.8 Å². The number of nitrogens with one attached hydrogen (secondary N) is 2. The summed E-state index contributed by atoms with van der Waals surface area (Å²) in [6.45, 7) is 7.67. The molecule has 1 rings (SSSR count). The van der Waals surface area contributed by atoms with Gasteiger partial charge in [-0.2, -0.15) is 0 Å². The molecule has 0 heterocycles. The number of rotatable bonds is 11. The number of nitrogens with zero attached hydrogens (tertiary/aromatic N) is 1. The van der Waals surface area contributed by atoms with Gasteiger partial charge < -0.3 is 25.2 Å². The van der Waals surface area contributed by atoms with E-state index in [2.05, 4.69) is 15.6 Å². The molecule has 3 N–H and O–H groups in total. The van der Waals surface area contributed by atoms with Crippen LogP contribution >= 0.6 is 24.0 Å². The second-order valence-electron chi connectivity index (χ2n) is 5.66. The third-order valence-corrected chi connectivity index (χ3v) is 3.47.